The minimum atomic E-state index is 0.274. The van der Waals surface area contributed by atoms with Crippen molar-refractivity contribution in [2.45, 2.75) is 6.92 Å². The average Bonchev–Trinajstić information content (AvgIpc) is 3.03. The minimum Gasteiger partial charge on any atom is -0.368 e. The minimum absolute atomic E-state index is 0.274. The summed E-state index contributed by atoms with van der Waals surface area (Å²) in [7, 11) is 0. The van der Waals surface area contributed by atoms with Crippen molar-refractivity contribution < 1.29 is 0 Å². The molecule has 0 radical (unpaired) electrons. The number of aromatic nitrogens is 4. The fourth-order valence-corrected chi connectivity index (χ4v) is 3.20. The first-order valence-corrected chi connectivity index (χ1v) is 7.24. The number of nitrogens with zero attached hydrogens (tertiary/aromatic N) is 3. The summed E-state index contributed by atoms with van der Waals surface area (Å²) in [6.45, 7) is 2.05. The van der Waals surface area contributed by atoms with Gasteiger partial charge in [0.05, 0.1) is 17.1 Å². The Morgan fingerprint density at radius 1 is 1.24 bits per heavy atom. The highest BCUT2D eigenvalue weighted by molar-refractivity contribution is 7.18. The number of H-pyrrole nitrogens is 1. The number of benzene rings is 1. The second-order valence-corrected chi connectivity index (χ2v) is 6.04. The molecule has 0 aliphatic heterocycles. The van der Waals surface area contributed by atoms with Gasteiger partial charge in [-0.3, -0.25) is 5.10 Å². The standard InChI is InChI=1S/C14H12N6S/c1-7-4-10-12(18-14(15)19-13(10)21-7)17-9-2-3-11-8(5-9)6-16-20-11/h2-6H,1H3,(H,16,20)(H3,15,17,18,19). The molecule has 0 aliphatic rings. The molecule has 1 aromatic carbocycles. The zero-order valence-electron chi connectivity index (χ0n) is 11.2. The molecule has 0 unspecified atom stereocenters. The number of nitrogen functional groups attached to an aromatic ring is 1. The van der Waals surface area contributed by atoms with Crippen molar-refractivity contribution in [3.8, 4) is 0 Å². The molecule has 4 rings (SSSR count). The Balaban J connectivity index is 1.82. The van der Waals surface area contributed by atoms with E-state index < -0.39 is 0 Å². The molecule has 104 valence electrons. The van der Waals surface area contributed by atoms with Gasteiger partial charge in [-0.2, -0.15) is 10.1 Å². The maximum absolute atomic E-state index is 5.79. The van der Waals surface area contributed by atoms with Gasteiger partial charge in [0.15, 0.2) is 0 Å². The monoisotopic (exact) mass is 296 g/mol. The number of aromatic amines is 1. The SMILES string of the molecule is Cc1cc2c(Nc3ccc4[nH]ncc4c3)nc(N)nc2s1. The van der Waals surface area contributed by atoms with Crippen molar-refractivity contribution >= 4 is 49.9 Å². The van der Waals surface area contributed by atoms with Crippen molar-refractivity contribution in [3.05, 3.63) is 35.3 Å². The molecule has 3 heterocycles. The van der Waals surface area contributed by atoms with Crippen molar-refractivity contribution in [2.75, 3.05) is 11.1 Å². The number of hydrogen-bond acceptors (Lipinski definition) is 6. The topological polar surface area (TPSA) is 92.5 Å². The maximum Gasteiger partial charge on any atom is 0.223 e. The molecule has 3 aromatic heterocycles. The van der Waals surface area contributed by atoms with Gasteiger partial charge in [0.1, 0.15) is 10.6 Å². The lowest BCUT2D eigenvalue weighted by Gasteiger charge is -2.07. The maximum atomic E-state index is 5.79. The summed E-state index contributed by atoms with van der Waals surface area (Å²) in [4.78, 5) is 10.7. The Bertz CT molecular complexity index is 955. The predicted octanol–water partition coefficient (Wildman–Crippen LogP) is 3.20. The Morgan fingerprint density at radius 2 is 2.14 bits per heavy atom. The molecule has 0 atom stereocenters. The van der Waals surface area contributed by atoms with Crippen LogP contribution in [0.3, 0.4) is 0 Å². The number of nitrogens with two attached hydrogens (primary N) is 1. The summed E-state index contributed by atoms with van der Waals surface area (Å²) in [5.74, 6) is 1.00. The van der Waals surface area contributed by atoms with E-state index in [1.54, 1.807) is 17.5 Å². The van der Waals surface area contributed by atoms with Crippen LogP contribution in [0.4, 0.5) is 17.5 Å². The number of hydrogen-bond donors (Lipinski definition) is 3. The lowest BCUT2D eigenvalue weighted by molar-refractivity contribution is 1.12. The third-order valence-electron chi connectivity index (χ3n) is 3.24. The molecule has 0 fully saturated rings. The number of nitrogens with one attached hydrogen (secondary N) is 2. The number of anilines is 3. The highest BCUT2D eigenvalue weighted by Crippen LogP contribution is 2.31. The van der Waals surface area contributed by atoms with Gasteiger partial charge in [-0.15, -0.1) is 11.3 Å². The first-order chi connectivity index (χ1) is 10.2. The van der Waals surface area contributed by atoms with E-state index in [-0.39, 0.29) is 5.95 Å². The molecule has 0 aliphatic carbocycles. The third-order valence-corrected chi connectivity index (χ3v) is 4.18. The smallest absolute Gasteiger partial charge is 0.223 e. The highest BCUT2D eigenvalue weighted by Gasteiger charge is 2.10. The van der Waals surface area contributed by atoms with Crippen LogP contribution >= 0.6 is 11.3 Å². The molecule has 7 heteroatoms. The lowest BCUT2D eigenvalue weighted by Crippen LogP contribution is -2.00. The van der Waals surface area contributed by atoms with Crippen LogP contribution in [0.25, 0.3) is 21.1 Å². The summed E-state index contributed by atoms with van der Waals surface area (Å²) in [5.41, 5.74) is 7.73. The summed E-state index contributed by atoms with van der Waals surface area (Å²) in [5, 5.41) is 12.3. The summed E-state index contributed by atoms with van der Waals surface area (Å²) in [6, 6.07) is 8.04. The van der Waals surface area contributed by atoms with Crippen LogP contribution in [0.15, 0.2) is 30.5 Å². The second kappa shape index (κ2) is 4.42. The molecule has 21 heavy (non-hydrogen) atoms. The van der Waals surface area contributed by atoms with Crippen LogP contribution in [0.2, 0.25) is 0 Å². The fraction of sp³-hybridized carbons (Fsp3) is 0.0714. The Morgan fingerprint density at radius 3 is 3.05 bits per heavy atom. The van der Waals surface area contributed by atoms with Crippen LogP contribution in [0.1, 0.15) is 4.88 Å². The van der Waals surface area contributed by atoms with E-state index in [0.29, 0.717) is 0 Å². The Kier molecular flexibility index (Phi) is 2.55. The fourth-order valence-electron chi connectivity index (χ4n) is 2.31. The van der Waals surface area contributed by atoms with Crippen molar-refractivity contribution in [2.24, 2.45) is 0 Å². The van der Waals surface area contributed by atoms with E-state index in [1.165, 1.54) is 4.88 Å². The van der Waals surface area contributed by atoms with Crippen LogP contribution in [0.5, 0.6) is 0 Å². The molecule has 4 aromatic rings. The number of fused-ring (bicyclic) bond motifs is 2. The van der Waals surface area contributed by atoms with Gasteiger partial charge in [0, 0.05) is 16.0 Å². The normalized spacial score (nSPS) is 11.3. The van der Waals surface area contributed by atoms with Crippen molar-refractivity contribution in [3.63, 3.8) is 0 Å². The number of rotatable bonds is 2. The van der Waals surface area contributed by atoms with Crippen molar-refractivity contribution in [1.29, 1.82) is 0 Å². The molecule has 0 bridgehead atoms. The van der Waals surface area contributed by atoms with Crippen LogP contribution in [-0.2, 0) is 0 Å². The van der Waals surface area contributed by atoms with Gasteiger partial charge in [0.25, 0.3) is 0 Å². The van der Waals surface area contributed by atoms with Crippen molar-refractivity contribution in [1.82, 2.24) is 20.2 Å². The van der Waals surface area contributed by atoms with E-state index in [2.05, 4.69) is 31.5 Å². The third kappa shape index (κ3) is 2.07. The quantitative estimate of drug-likeness (QED) is 0.528. The van der Waals surface area contributed by atoms with Crippen LogP contribution < -0.4 is 11.1 Å². The number of thiophene rings is 1. The van der Waals surface area contributed by atoms with Crippen LogP contribution in [0, 0.1) is 6.92 Å². The van der Waals surface area contributed by atoms with Gasteiger partial charge in [-0.25, -0.2) is 4.98 Å². The Labute approximate surface area is 124 Å². The van der Waals surface area contributed by atoms with E-state index in [9.17, 15) is 0 Å². The van der Waals surface area contributed by atoms with Crippen LogP contribution in [-0.4, -0.2) is 20.2 Å². The molecular weight excluding hydrogens is 284 g/mol. The van der Waals surface area contributed by atoms with Gasteiger partial charge < -0.3 is 11.1 Å². The first-order valence-electron chi connectivity index (χ1n) is 6.43. The van der Waals surface area contributed by atoms with E-state index in [1.807, 2.05) is 25.1 Å². The Hall–Kier alpha value is -2.67. The van der Waals surface area contributed by atoms with Gasteiger partial charge in [-0.1, -0.05) is 0 Å². The number of aryl methyl sites for hydroxylation is 1. The zero-order chi connectivity index (χ0) is 14.4. The molecule has 6 nitrogen and oxygen atoms in total. The summed E-state index contributed by atoms with van der Waals surface area (Å²) >= 11 is 1.61. The zero-order valence-corrected chi connectivity index (χ0v) is 12.0. The van der Waals surface area contributed by atoms with Gasteiger partial charge >= 0.3 is 0 Å². The highest BCUT2D eigenvalue weighted by atomic mass is 32.1. The second-order valence-electron chi connectivity index (χ2n) is 4.80. The lowest BCUT2D eigenvalue weighted by atomic mass is 10.2. The van der Waals surface area contributed by atoms with E-state index in [4.69, 9.17) is 5.73 Å². The summed E-state index contributed by atoms with van der Waals surface area (Å²) in [6.07, 6.45) is 1.79. The van der Waals surface area contributed by atoms with Gasteiger partial charge in [-0.05, 0) is 31.2 Å². The molecule has 0 saturated carbocycles. The van der Waals surface area contributed by atoms with E-state index in [0.717, 1.165) is 32.6 Å². The average molecular weight is 296 g/mol. The molecular formula is C14H12N6S. The molecule has 0 saturated heterocycles. The summed E-state index contributed by atoms with van der Waals surface area (Å²) < 4.78 is 0. The molecule has 0 spiro atoms. The predicted molar refractivity (Wildman–Crippen MR) is 85.9 cm³/mol. The van der Waals surface area contributed by atoms with E-state index >= 15 is 0 Å². The molecule has 0 amide bonds. The molecule has 4 N–H and O–H groups in total. The van der Waals surface area contributed by atoms with Gasteiger partial charge in [0.2, 0.25) is 5.95 Å². The largest absolute Gasteiger partial charge is 0.368 e. The first kappa shape index (κ1) is 12.1.